The molecule has 3 N–H and O–H groups in total. The van der Waals surface area contributed by atoms with Crippen LogP contribution in [0.2, 0.25) is 0 Å². The summed E-state index contributed by atoms with van der Waals surface area (Å²) >= 11 is 0. The highest BCUT2D eigenvalue weighted by molar-refractivity contribution is 4.40. The minimum Gasteiger partial charge on any atom is -0.317 e. The van der Waals surface area contributed by atoms with Crippen molar-refractivity contribution in [2.45, 2.75) is 12.8 Å². The number of hydrogen-bond acceptors (Lipinski definition) is 4. The molecule has 0 fully saturated rings. The van der Waals surface area contributed by atoms with Gasteiger partial charge in [-0.15, -0.1) is 0 Å². The van der Waals surface area contributed by atoms with E-state index in [0.29, 0.717) is 6.54 Å². The van der Waals surface area contributed by atoms with Gasteiger partial charge in [0.25, 0.3) is 0 Å². The molecule has 4 nitrogen and oxygen atoms in total. The number of hydroxylamine groups is 2. The molecule has 0 atom stereocenters. The van der Waals surface area contributed by atoms with Gasteiger partial charge in [-0.25, -0.2) is 11.0 Å². The molecule has 9 heavy (non-hydrogen) atoms. The second kappa shape index (κ2) is 7.84. The summed E-state index contributed by atoms with van der Waals surface area (Å²) < 4.78 is 0. The Morgan fingerprint density at radius 2 is 2.00 bits per heavy atom. The van der Waals surface area contributed by atoms with Crippen molar-refractivity contribution in [3.63, 3.8) is 0 Å². The molecule has 0 amide bonds. The monoisotopic (exact) mass is 134 g/mol. The van der Waals surface area contributed by atoms with E-state index in [9.17, 15) is 0 Å². The van der Waals surface area contributed by atoms with Gasteiger partial charge in [0.2, 0.25) is 0 Å². The predicted molar refractivity (Wildman–Crippen MR) is 34.0 cm³/mol. The molecule has 0 bridgehead atoms. The average Bonchev–Trinajstić information content (AvgIpc) is 1.89. The largest absolute Gasteiger partial charge is 0.317 e. The molecule has 0 aromatic carbocycles. The van der Waals surface area contributed by atoms with Crippen LogP contribution in [-0.2, 0) is 4.84 Å². The van der Waals surface area contributed by atoms with Crippen LogP contribution < -0.4 is 11.0 Å². The van der Waals surface area contributed by atoms with Crippen LogP contribution in [0.1, 0.15) is 12.8 Å². The van der Waals surface area contributed by atoms with E-state index >= 15 is 0 Å². The molecule has 0 aliphatic rings. The van der Waals surface area contributed by atoms with Crippen LogP contribution in [-0.4, -0.2) is 25.4 Å². The van der Waals surface area contributed by atoms with Crippen LogP contribution in [0.3, 0.4) is 0 Å². The Bertz CT molecular complexity index is 46.2. The van der Waals surface area contributed by atoms with Crippen molar-refractivity contribution in [1.82, 2.24) is 11.0 Å². The summed E-state index contributed by atoms with van der Waals surface area (Å²) in [5.41, 5.74) is 4.77. The average molecular weight is 134 g/mol. The molecule has 0 rings (SSSR count). The second-order valence-corrected chi connectivity index (χ2v) is 1.71. The molecule has 0 aliphatic carbocycles. The molecule has 0 saturated heterocycles. The van der Waals surface area contributed by atoms with E-state index in [2.05, 4.69) is 15.8 Å². The Kier molecular flexibility index (Phi) is 7.70. The van der Waals surface area contributed by atoms with Crippen molar-refractivity contribution in [2.75, 3.05) is 20.2 Å². The topological polar surface area (TPSA) is 53.5 Å². The highest BCUT2D eigenvalue weighted by atomic mass is 16.6. The highest BCUT2D eigenvalue weighted by Crippen LogP contribution is 1.82. The fourth-order valence-corrected chi connectivity index (χ4v) is 0.503. The van der Waals surface area contributed by atoms with E-state index in [1.165, 1.54) is 0 Å². The smallest absolute Gasteiger partial charge is 0.0572 e. The number of rotatable bonds is 6. The summed E-state index contributed by atoms with van der Waals surface area (Å²) in [5, 5.41) is 8.12. The van der Waals surface area contributed by atoms with E-state index in [4.69, 9.17) is 5.21 Å². The van der Waals surface area contributed by atoms with E-state index in [-0.39, 0.29) is 0 Å². The lowest BCUT2D eigenvalue weighted by Gasteiger charge is -1.99. The third kappa shape index (κ3) is 7.84. The maximum absolute atomic E-state index is 8.12. The summed E-state index contributed by atoms with van der Waals surface area (Å²) in [5.74, 6) is 0. The summed E-state index contributed by atoms with van der Waals surface area (Å²) in [7, 11) is 1.59. The zero-order valence-electron chi connectivity index (χ0n) is 5.68. The third-order valence-electron chi connectivity index (χ3n) is 0.962. The van der Waals surface area contributed by atoms with Gasteiger partial charge in [0.15, 0.2) is 0 Å². The van der Waals surface area contributed by atoms with Gasteiger partial charge < -0.3 is 10.0 Å². The third-order valence-corrected chi connectivity index (χ3v) is 0.962. The van der Waals surface area contributed by atoms with Gasteiger partial charge in [-0.3, -0.25) is 0 Å². The molecule has 0 heterocycles. The van der Waals surface area contributed by atoms with Crippen LogP contribution >= 0.6 is 0 Å². The van der Waals surface area contributed by atoms with Crippen molar-refractivity contribution in [3.8, 4) is 0 Å². The first-order valence-electron chi connectivity index (χ1n) is 3.04. The molecule has 0 radical (unpaired) electrons. The lowest BCUT2D eigenvalue weighted by atomic mass is 10.3. The molecule has 4 heteroatoms. The molecule has 0 spiro atoms. The lowest BCUT2D eigenvalue weighted by molar-refractivity contribution is 0.0892. The SMILES string of the molecule is CONCCCCNO. The van der Waals surface area contributed by atoms with Gasteiger partial charge in [-0.05, 0) is 12.8 Å². The molecule has 0 aliphatic heterocycles. The van der Waals surface area contributed by atoms with Crippen molar-refractivity contribution in [1.29, 1.82) is 0 Å². The molecular weight excluding hydrogens is 120 g/mol. The Hall–Kier alpha value is -0.160. The summed E-state index contributed by atoms with van der Waals surface area (Å²) in [6, 6.07) is 0. The van der Waals surface area contributed by atoms with Crippen molar-refractivity contribution < 1.29 is 10.0 Å². The van der Waals surface area contributed by atoms with Crippen LogP contribution in [0.5, 0.6) is 0 Å². The lowest BCUT2D eigenvalue weighted by Crippen LogP contribution is -2.15. The van der Waals surface area contributed by atoms with E-state index in [0.717, 1.165) is 19.4 Å². The first-order valence-corrected chi connectivity index (χ1v) is 3.04. The number of hydrogen-bond donors (Lipinski definition) is 3. The van der Waals surface area contributed by atoms with Gasteiger partial charge in [0.05, 0.1) is 7.11 Å². The second-order valence-electron chi connectivity index (χ2n) is 1.71. The van der Waals surface area contributed by atoms with E-state index in [1.807, 2.05) is 0 Å². The first-order chi connectivity index (χ1) is 4.41. The summed E-state index contributed by atoms with van der Waals surface area (Å²) in [4.78, 5) is 4.59. The van der Waals surface area contributed by atoms with Crippen LogP contribution in [0.4, 0.5) is 0 Å². The van der Waals surface area contributed by atoms with Gasteiger partial charge in [-0.1, -0.05) is 0 Å². The molecule has 56 valence electrons. The standard InChI is InChI=1S/C5H14N2O2/c1-9-7-5-3-2-4-6-8/h6-8H,2-5H2,1H3. The van der Waals surface area contributed by atoms with Crippen LogP contribution in [0, 0.1) is 0 Å². The van der Waals surface area contributed by atoms with Gasteiger partial charge >= 0.3 is 0 Å². The Morgan fingerprint density at radius 3 is 2.56 bits per heavy atom. The zero-order chi connectivity index (χ0) is 6.95. The Labute approximate surface area is 55.1 Å². The minimum absolute atomic E-state index is 0.644. The fraction of sp³-hybridized carbons (Fsp3) is 1.00. The van der Waals surface area contributed by atoms with E-state index in [1.54, 1.807) is 7.11 Å². The predicted octanol–water partition coefficient (Wildman–Crippen LogP) is -0.104. The van der Waals surface area contributed by atoms with Gasteiger partial charge in [-0.2, -0.15) is 0 Å². The van der Waals surface area contributed by atoms with Gasteiger partial charge in [0, 0.05) is 13.1 Å². The van der Waals surface area contributed by atoms with Gasteiger partial charge in [0.1, 0.15) is 0 Å². The zero-order valence-corrected chi connectivity index (χ0v) is 5.68. The van der Waals surface area contributed by atoms with Crippen molar-refractivity contribution >= 4 is 0 Å². The molecule has 0 unspecified atom stereocenters. The number of unbranched alkanes of at least 4 members (excludes halogenated alkanes) is 1. The van der Waals surface area contributed by atoms with Crippen LogP contribution in [0.25, 0.3) is 0 Å². The maximum Gasteiger partial charge on any atom is 0.0572 e. The Morgan fingerprint density at radius 1 is 1.33 bits per heavy atom. The summed E-state index contributed by atoms with van der Waals surface area (Å²) in [6.45, 7) is 1.48. The van der Waals surface area contributed by atoms with Crippen molar-refractivity contribution in [3.05, 3.63) is 0 Å². The van der Waals surface area contributed by atoms with Crippen LogP contribution in [0.15, 0.2) is 0 Å². The minimum atomic E-state index is 0.644. The fourth-order valence-electron chi connectivity index (χ4n) is 0.503. The van der Waals surface area contributed by atoms with E-state index < -0.39 is 0 Å². The quantitative estimate of drug-likeness (QED) is 0.350. The highest BCUT2D eigenvalue weighted by Gasteiger charge is 1.84. The summed E-state index contributed by atoms with van der Waals surface area (Å²) in [6.07, 6.45) is 1.95. The molecular formula is C5H14N2O2. The normalized spacial score (nSPS) is 10.0. The number of nitrogens with one attached hydrogen (secondary N) is 2. The molecule has 0 saturated carbocycles. The first kappa shape index (κ1) is 8.84. The maximum atomic E-state index is 8.12. The Balaban J connectivity index is 2.60. The molecule has 0 aromatic rings. The van der Waals surface area contributed by atoms with Crippen molar-refractivity contribution in [2.24, 2.45) is 0 Å². The molecule has 0 aromatic heterocycles.